The summed E-state index contributed by atoms with van der Waals surface area (Å²) in [5.41, 5.74) is 1.07. The Labute approximate surface area is 121 Å². The van der Waals surface area contributed by atoms with Gasteiger partial charge in [-0.25, -0.2) is 4.79 Å². The van der Waals surface area contributed by atoms with Crippen LogP contribution in [0.5, 0.6) is 0 Å². The number of rotatable bonds is 3. The van der Waals surface area contributed by atoms with Crippen molar-refractivity contribution >= 4 is 6.09 Å². The summed E-state index contributed by atoms with van der Waals surface area (Å²) in [6, 6.07) is 9.82. The second-order valence-electron chi connectivity index (χ2n) is 4.89. The molecule has 1 aromatic carbocycles. The molecule has 1 fully saturated rings. The van der Waals surface area contributed by atoms with Crippen LogP contribution in [0.2, 0.25) is 0 Å². The monoisotopic (exact) mass is 288 g/mol. The van der Waals surface area contributed by atoms with Crippen molar-refractivity contribution in [2.45, 2.75) is 6.04 Å². The number of hydrogen-bond donors (Lipinski definition) is 2. The summed E-state index contributed by atoms with van der Waals surface area (Å²) in [7, 11) is 0. The first-order valence-corrected chi connectivity index (χ1v) is 6.76. The number of aromatic nitrogens is 4. The van der Waals surface area contributed by atoms with Gasteiger partial charge in [-0.05, 0) is 5.56 Å². The van der Waals surface area contributed by atoms with Gasteiger partial charge >= 0.3 is 6.09 Å². The molecule has 1 aliphatic rings. The highest BCUT2D eigenvalue weighted by atomic mass is 16.4. The van der Waals surface area contributed by atoms with Gasteiger partial charge in [0.1, 0.15) is 0 Å². The van der Waals surface area contributed by atoms with Gasteiger partial charge in [-0.2, -0.15) is 5.21 Å². The number of tetrazole rings is 1. The number of H-pyrrole nitrogens is 1. The molecule has 110 valence electrons. The quantitative estimate of drug-likeness (QED) is 0.857. The molecule has 21 heavy (non-hydrogen) atoms. The van der Waals surface area contributed by atoms with Gasteiger partial charge in [0.05, 0.1) is 6.04 Å². The number of benzene rings is 1. The Balaban J connectivity index is 1.83. The molecule has 2 N–H and O–H groups in total. The molecule has 1 aromatic heterocycles. The predicted octanol–water partition coefficient (Wildman–Crippen LogP) is 0.585. The lowest BCUT2D eigenvalue weighted by molar-refractivity contribution is 0.0915. The summed E-state index contributed by atoms with van der Waals surface area (Å²) in [5.74, 6) is 0.602. The molecule has 0 bridgehead atoms. The molecule has 1 unspecified atom stereocenters. The number of carbonyl (C=O) groups is 1. The van der Waals surface area contributed by atoms with Crippen molar-refractivity contribution in [2.24, 2.45) is 0 Å². The number of aromatic amines is 1. The molecule has 1 atom stereocenters. The third kappa shape index (κ3) is 2.84. The van der Waals surface area contributed by atoms with Gasteiger partial charge in [0, 0.05) is 26.2 Å². The molecule has 2 heterocycles. The first-order chi connectivity index (χ1) is 10.3. The van der Waals surface area contributed by atoms with Crippen LogP contribution in [0.1, 0.15) is 17.4 Å². The zero-order valence-corrected chi connectivity index (χ0v) is 11.4. The molecule has 0 aliphatic carbocycles. The maximum Gasteiger partial charge on any atom is 0.407 e. The molecule has 1 saturated heterocycles. The minimum absolute atomic E-state index is 0.110. The van der Waals surface area contributed by atoms with Gasteiger partial charge in [0.25, 0.3) is 0 Å². The van der Waals surface area contributed by atoms with Gasteiger partial charge < -0.3 is 10.0 Å². The number of piperazine rings is 1. The number of carboxylic acid groups (broad SMARTS) is 1. The number of hydrogen-bond acceptors (Lipinski definition) is 5. The first kappa shape index (κ1) is 13.5. The maximum atomic E-state index is 11.0. The van der Waals surface area contributed by atoms with E-state index in [0.717, 1.165) is 5.56 Å². The second kappa shape index (κ2) is 5.88. The molecule has 0 radical (unpaired) electrons. The fraction of sp³-hybridized carbons (Fsp3) is 0.385. The topological polar surface area (TPSA) is 98.2 Å². The summed E-state index contributed by atoms with van der Waals surface area (Å²) in [4.78, 5) is 14.6. The van der Waals surface area contributed by atoms with Crippen molar-refractivity contribution in [3.05, 3.63) is 41.7 Å². The smallest absolute Gasteiger partial charge is 0.407 e. The van der Waals surface area contributed by atoms with E-state index in [1.165, 1.54) is 4.90 Å². The molecule has 0 saturated carbocycles. The second-order valence-corrected chi connectivity index (χ2v) is 4.89. The predicted molar refractivity (Wildman–Crippen MR) is 73.6 cm³/mol. The highest BCUT2D eigenvalue weighted by molar-refractivity contribution is 5.65. The molecule has 8 heteroatoms. The van der Waals surface area contributed by atoms with Crippen LogP contribution < -0.4 is 0 Å². The van der Waals surface area contributed by atoms with Crippen LogP contribution in [0.3, 0.4) is 0 Å². The van der Waals surface area contributed by atoms with Gasteiger partial charge in [-0.1, -0.05) is 35.5 Å². The Morgan fingerprint density at radius 1 is 1.19 bits per heavy atom. The minimum atomic E-state index is -0.870. The zero-order chi connectivity index (χ0) is 14.7. The average Bonchev–Trinajstić information content (AvgIpc) is 3.03. The van der Waals surface area contributed by atoms with Crippen LogP contribution >= 0.6 is 0 Å². The Bertz CT molecular complexity index is 580. The lowest BCUT2D eigenvalue weighted by Gasteiger charge is -2.37. The van der Waals surface area contributed by atoms with Crippen molar-refractivity contribution in [2.75, 3.05) is 26.2 Å². The Hall–Kier alpha value is -2.48. The lowest BCUT2D eigenvalue weighted by atomic mass is 10.0. The molecule has 8 nitrogen and oxygen atoms in total. The van der Waals surface area contributed by atoms with Gasteiger partial charge in [-0.15, -0.1) is 10.2 Å². The van der Waals surface area contributed by atoms with Crippen molar-refractivity contribution in [3.8, 4) is 0 Å². The van der Waals surface area contributed by atoms with Gasteiger partial charge in [0.2, 0.25) is 0 Å². The summed E-state index contributed by atoms with van der Waals surface area (Å²) >= 11 is 0. The van der Waals surface area contributed by atoms with Crippen LogP contribution in [0.15, 0.2) is 30.3 Å². The van der Waals surface area contributed by atoms with E-state index in [0.29, 0.717) is 32.0 Å². The largest absolute Gasteiger partial charge is 0.465 e. The Morgan fingerprint density at radius 3 is 2.48 bits per heavy atom. The van der Waals surface area contributed by atoms with E-state index in [2.05, 4.69) is 25.5 Å². The Morgan fingerprint density at radius 2 is 1.90 bits per heavy atom. The molecule has 3 rings (SSSR count). The normalized spacial score (nSPS) is 17.6. The standard InChI is InChI=1S/C13H16N6O2/c20-13(21)19-8-6-18(7-9-19)11(12-14-16-17-15-12)10-4-2-1-3-5-10/h1-5,11H,6-9H2,(H,20,21)(H,14,15,16,17). The fourth-order valence-corrected chi connectivity index (χ4v) is 2.62. The maximum absolute atomic E-state index is 11.0. The number of nitrogens with one attached hydrogen (secondary N) is 1. The third-order valence-electron chi connectivity index (χ3n) is 3.67. The summed E-state index contributed by atoms with van der Waals surface area (Å²) in [6.07, 6.45) is -0.870. The third-order valence-corrected chi connectivity index (χ3v) is 3.67. The van der Waals surface area contributed by atoms with Gasteiger partial charge in [-0.3, -0.25) is 4.90 Å². The van der Waals surface area contributed by atoms with Crippen LogP contribution in [0.4, 0.5) is 4.79 Å². The highest BCUT2D eigenvalue weighted by Crippen LogP contribution is 2.26. The zero-order valence-electron chi connectivity index (χ0n) is 11.4. The molecule has 1 amide bonds. The molecule has 0 spiro atoms. The minimum Gasteiger partial charge on any atom is -0.465 e. The van der Waals surface area contributed by atoms with E-state index in [4.69, 9.17) is 5.11 Å². The van der Waals surface area contributed by atoms with Crippen LogP contribution in [-0.2, 0) is 0 Å². The Kier molecular flexibility index (Phi) is 3.78. The van der Waals surface area contributed by atoms with Crippen molar-refractivity contribution in [1.82, 2.24) is 30.4 Å². The molecule has 2 aromatic rings. The van der Waals surface area contributed by atoms with Crippen LogP contribution in [0, 0.1) is 0 Å². The number of amides is 1. The summed E-state index contributed by atoms with van der Waals surface area (Å²) < 4.78 is 0. The SMILES string of the molecule is O=C(O)N1CCN(C(c2ccccc2)c2nn[nH]n2)CC1. The fourth-order valence-electron chi connectivity index (χ4n) is 2.62. The molecular weight excluding hydrogens is 272 g/mol. The van der Waals surface area contributed by atoms with E-state index in [1.807, 2.05) is 30.3 Å². The number of nitrogens with zero attached hydrogens (tertiary/aromatic N) is 5. The van der Waals surface area contributed by atoms with E-state index in [9.17, 15) is 4.79 Å². The summed E-state index contributed by atoms with van der Waals surface area (Å²) in [5, 5.41) is 23.4. The molecular formula is C13H16N6O2. The summed E-state index contributed by atoms with van der Waals surface area (Å²) in [6.45, 7) is 2.24. The van der Waals surface area contributed by atoms with Crippen LogP contribution in [-0.4, -0.2) is 67.8 Å². The first-order valence-electron chi connectivity index (χ1n) is 6.76. The van der Waals surface area contributed by atoms with E-state index in [1.54, 1.807) is 0 Å². The van der Waals surface area contributed by atoms with E-state index < -0.39 is 6.09 Å². The van der Waals surface area contributed by atoms with Gasteiger partial charge in [0.15, 0.2) is 5.82 Å². The lowest BCUT2D eigenvalue weighted by Crippen LogP contribution is -2.49. The van der Waals surface area contributed by atoms with E-state index >= 15 is 0 Å². The van der Waals surface area contributed by atoms with Crippen molar-refractivity contribution in [1.29, 1.82) is 0 Å². The highest BCUT2D eigenvalue weighted by Gasteiger charge is 2.30. The molecule has 1 aliphatic heterocycles. The van der Waals surface area contributed by atoms with E-state index in [-0.39, 0.29) is 6.04 Å². The van der Waals surface area contributed by atoms with Crippen LogP contribution in [0.25, 0.3) is 0 Å². The van der Waals surface area contributed by atoms with Crippen molar-refractivity contribution < 1.29 is 9.90 Å². The average molecular weight is 288 g/mol. The van der Waals surface area contributed by atoms with Crippen molar-refractivity contribution in [3.63, 3.8) is 0 Å².